The van der Waals surface area contributed by atoms with Crippen LogP contribution in [0.15, 0.2) is 65.1 Å². The highest BCUT2D eigenvalue weighted by Crippen LogP contribution is 2.57. The molecule has 6 rings (SSSR count). The van der Waals surface area contributed by atoms with Crippen molar-refractivity contribution < 1.29 is 8.42 Å². The minimum Gasteiger partial charge on any atom is -0.207 e. The van der Waals surface area contributed by atoms with Crippen LogP contribution in [0.1, 0.15) is 43.2 Å². The third kappa shape index (κ3) is 2.77. The summed E-state index contributed by atoms with van der Waals surface area (Å²) in [5.74, 6) is 0.579. The molecule has 4 aliphatic rings. The molecule has 4 heteroatoms. The summed E-state index contributed by atoms with van der Waals surface area (Å²) in [5.41, 5.74) is 5.27. The van der Waals surface area contributed by atoms with Gasteiger partial charge in [0.05, 0.1) is 4.90 Å². The van der Waals surface area contributed by atoms with Gasteiger partial charge in [0.1, 0.15) is 0 Å². The van der Waals surface area contributed by atoms with Gasteiger partial charge in [-0.15, -0.1) is 0 Å². The van der Waals surface area contributed by atoms with Crippen molar-refractivity contribution in [3.05, 3.63) is 71.3 Å². The highest BCUT2D eigenvalue weighted by atomic mass is 32.2. The maximum Gasteiger partial charge on any atom is 0.243 e. The van der Waals surface area contributed by atoms with Crippen molar-refractivity contribution in [1.82, 2.24) is 4.31 Å². The number of allylic oxidation sites excluding steroid dienone is 1. The van der Waals surface area contributed by atoms with Crippen LogP contribution in [0.4, 0.5) is 0 Å². The Labute approximate surface area is 168 Å². The summed E-state index contributed by atoms with van der Waals surface area (Å²) in [6.45, 7) is 3.18. The van der Waals surface area contributed by atoms with E-state index < -0.39 is 10.0 Å². The molecule has 28 heavy (non-hydrogen) atoms. The van der Waals surface area contributed by atoms with Crippen molar-refractivity contribution in [2.45, 2.75) is 43.9 Å². The van der Waals surface area contributed by atoms with Gasteiger partial charge in [-0.25, -0.2) is 8.42 Å². The molecule has 2 fully saturated rings. The highest BCUT2D eigenvalue weighted by Gasteiger charge is 2.51. The van der Waals surface area contributed by atoms with Gasteiger partial charge in [0, 0.05) is 18.5 Å². The molecule has 1 heterocycles. The lowest BCUT2D eigenvalue weighted by molar-refractivity contribution is 0.294. The van der Waals surface area contributed by atoms with Crippen LogP contribution in [-0.4, -0.2) is 25.8 Å². The zero-order chi connectivity index (χ0) is 19.4. The molecule has 2 atom stereocenters. The summed E-state index contributed by atoms with van der Waals surface area (Å²) in [5, 5.41) is 0. The standard InChI is InChI=1S/C24H27NO2S/c1-18-9-11-21(12-10-18)28(26,27)25-16-22-23(19-6-3-2-4-7-19)20-8-5-14-24(22,17-25)15-13-20/h2-4,6-7,9-12,20H,5,8,13-17H2,1H3/t20-,24+/m0/s1. The molecule has 3 aliphatic carbocycles. The van der Waals surface area contributed by atoms with E-state index in [0.717, 1.165) is 18.4 Å². The van der Waals surface area contributed by atoms with Gasteiger partial charge in [0.2, 0.25) is 10.0 Å². The molecule has 3 nitrogen and oxygen atoms in total. The maximum absolute atomic E-state index is 13.4. The molecule has 0 radical (unpaired) electrons. The van der Waals surface area contributed by atoms with Crippen molar-refractivity contribution in [1.29, 1.82) is 0 Å². The van der Waals surface area contributed by atoms with Crippen LogP contribution in [0.5, 0.6) is 0 Å². The fourth-order valence-electron chi connectivity index (χ4n) is 5.66. The van der Waals surface area contributed by atoms with E-state index in [-0.39, 0.29) is 5.41 Å². The minimum atomic E-state index is -3.46. The third-order valence-corrected chi connectivity index (χ3v) is 8.92. The second-order valence-corrected chi connectivity index (χ2v) is 10.7. The molecule has 0 N–H and O–H groups in total. The van der Waals surface area contributed by atoms with Gasteiger partial charge < -0.3 is 0 Å². The van der Waals surface area contributed by atoms with Crippen molar-refractivity contribution in [2.24, 2.45) is 11.3 Å². The van der Waals surface area contributed by atoms with Crippen molar-refractivity contribution in [3.8, 4) is 0 Å². The molecule has 2 aromatic carbocycles. The van der Waals surface area contributed by atoms with Gasteiger partial charge in [-0.2, -0.15) is 4.31 Å². The van der Waals surface area contributed by atoms with E-state index in [1.807, 2.05) is 19.1 Å². The maximum atomic E-state index is 13.4. The van der Waals surface area contributed by atoms with Crippen molar-refractivity contribution in [3.63, 3.8) is 0 Å². The molecular formula is C24H27NO2S. The molecule has 146 valence electrons. The normalized spacial score (nSPS) is 27.7. The lowest BCUT2D eigenvalue weighted by atomic mass is 9.68. The summed E-state index contributed by atoms with van der Waals surface area (Å²) in [6, 6.07) is 17.9. The van der Waals surface area contributed by atoms with Gasteiger partial charge in [-0.05, 0) is 67.4 Å². The molecule has 0 amide bonds. The first-order valence-corrected chi connectivity index (χ1v) is 11.8. The molecular weight excluding hydrogens is 366 g/mol. The number of hydrogen-bond donors (Lipinski definition) is 0. The Hall–Kier alpha value is -1.91. The summed E-state index contributed by atoms with van der Waals surface area (Å²) in [6.07, 6.45) is 5.87. The number of hydrogen-bond acceptors (Lipinski definition) is 2. The number of benzene rings is 2. The fourth-order valence-corrected chi connectivity index (χ4v) is 7.16. The summed E-state index contributed by atoms with van der Waals surface area (Å²) in [4.78, 5) is 0.419. The predicted octanol–water partition coefficient (Wildman–Crippen LogP) is 5.03. The zero-order valence-electron chi connectivity index (χ0n) is 16.4. The van der Waals surface area contributed by atoms with Crippen LogP contribution < -0.4 is 0 Å². The predicted molar refractivity (Wildman–Crippen MR) is 112 cm³/mol. The first-order valence-electron chi connectivity index (χ1n) is 10.4. The van der Waals surface area contributed by atoms with Crippen molar-refractivity contribution in [2.75, 3.05) is 13.1 Å². The van der Waals surface area contributed by atoms with E-state index >= 15 is 0 Å². The van der Waals surface area contributed by atoms with Crippen LogP contribution in [0.3, 0.4) is 0 Å². The molecule has 2 bridgehead atoms. The third-order valence-electron chi connectivity index (χ3n) is 7.11. The molecule has 1 aliphatic heterocycles. The smallest absolute Gasteiger partial charge is 0.207 e. The van der Waals surface area contributed by atoms with E-state index in [4.69, 9.17) is 0 Å². The monoisotopic (exact) mass is 393 g/mol. The fraction of sp³-hybridized carbons (Fsp3) is 0.417. The summed E-state index contributed by atoms with van der Waals surface area (Å²) in [7, 11) is -3.46. The number of fused-ring (bicyclic) bond motifs is 3. The van der Waals surface area contributed by atoms with Crippen LogP contribution in [-0.2, 0) is 10.0 Å². The molecule has 1 spiro atoms. The van der Waals surface area contributed by atoms with E-state index in [0.29, 0.717) is 23.9 Å². The quantitative estimate of drug-likeness (QED) is 0.733. The number of sulfonamides is 1. The molecule has 1 saturated heterocycles. The number of rotatable bonds is 3. The van der Waals surface area contributed by atoms with Crippen molar-refractivity contribution >= 4 is 15.6 Å². The number of aryl methyl sites for hydroxylation is 1. The average Bonchev–Trinajstić information content (AvgIpc) is 2.88. The molecule has 1 saturated carbocycles. The summed E-state index contributed by atoms with van der Waals surface area (Å²) >= 11 is 0. The Bertz CT molecular complexity index is 1020. The zero-order valence-corrected chi connectivity index (χ0v) is 17.2. The topological polar surface area (TPSA) is 37.4 Å². The number of nitrogens with zero attached hydrogens (tertiary/aromatic N) is 1. The van der Waals surface area contributed by atoms with E-state index in [1.54, 1.807) is 16.4 Å². The van der Waals surface area contributed by atoms with Crippen LogP contribution >= 0.6 is 0 Å². The molecule has 2 aromatic rings. The Morgan fingerprint density at radius 1 is 0.964 bits per heavy atom. The van der Waals surface area contributed by atoms with Gasteiger partial charge in [-0.1, -0.05) is 54.4 Å². The second-order valence-electron chi connectivity index (χ2n) is 8.75. The first-order chi connectivity index (χ1) is 13.5. The average molecular weight is 394 g/mol. The second kappa shape index (κ2) is 6.57. The van der Waals surface area contributed by atoms with Gasteiger partial charge in [0.15, 0.2) is 0 Å². The first kappa shape index (κ1) is 18.1. The van der Waals surface area contributed by atoms with Crippen LogP contribution in [0.25, 0.3) is 5.57 Å². The van der Waals surface area contributed by atoms with E-state index in [2.05, 4.69) is 30.3 Å². The SMILES string of the molecule is Cc1ccc(S(=O)(=O)N2CC3=C(c4ccccc4)[C@H]4CCC[C@@]3(CC4)C2)cc1. The van der Waals surface area contributed by atoms with Gasteiger partial charge in [-0.3, -0.25) is 0 Å². The Balaban J connectivity index is 1.60. The minimum absolute atomic E-state index is 0.0376. The largest absolute Gasteiger partial charge is 0.243 e. The van der Waals surface area contributed by atoms with Crippen LogP contribution in [0, 0.1) is 18.3 Å². The lowest BCUT2D eigenvalue weighted by Crippen LogP contribution is -2.32. The van der Waals surface area contributed by atoms with Crippen LogP contribution in [0.2, 0.25) is 0 Å². The van der Waals surface area contributed by atoms with Gasteiger partial charge in [0.25, 0.3) is 0 Å². The Morgan fingerprint density at radius 2 is 1.71 bits per heavy atom. The lowest BCUT2D eigenvalue weighted by Gasteiger charge is -2.36. The van der Waals surface area contributed by atoms with Gasteiger partial charge >= 0.3 is 0 Å². The Morgan fingerprint density at radius 3 is 2.46 bits per heavy atom. The van der Waals surface area contributed by atoms with E-state index in [1.165, 1.54) is 36.0 Å². The Kier molecular flexibility index (Phi) is 4.25. The molecule has 0 unspecified atom stereocenters. The highest BCUT2D eigenvalue weighted by molar-refractivity contribution is 7.89. The molecule has 0 aromatic heterocycles. The summed E-state index contributed by atoms with van der Waals surface area (Å²) < 4.78 is 28.5. The van der Waals surface area contributed by atoms with E-state index in [9.17, 15) is 8.42 Å².